The molecule has 0 saturated heterocycles. The molecule has 0 spiro atoms. The van der Waals surface area contributed by atoms with Gasteiger partial charge in [-0.05, 0) is 195 Å². The van der Waals surface area contributed by atoms with Crippen molar-refractivity contribution in [1.29, 1.82) is 0 Å². The van der Waals surface area contributed by atoms with E-state index in [0.29, 0.717) is 11.5 Å². The van der Waals surface area contributed by atoms with Crippen LogP contribution in [-0.4, -0.2) is 50.3 Å². The number of ether oxygens (including phenoxy) is 2. The molecule has 0 fully saturated rings. The summed E-state index contributed by atoms with van der Waals surface area (Å²) < 4.78 is 21.4. The van der Waals surface area contributed by atoms with E-state index >= 15 is 0 Å². The van der Waals surface area contributed by atoms with E-state index < -0.39 is 5.41 Å². The number of hydrogen-bond acceptors (Lipinski definition) is 4. The van der Waals surface area contributed by atoms with Gasteiger partial charge < -0.3 is 33.4 Å². The van der Waals surface area contributed by atoms with Crippen LogP contribution in [0.3, 0.4) is 0 Å². The average molecular weight is 1340 g/mol. The van der Waals surface area contributed by atoms with Crippen molar-refractivity contribution >= 4 is 65.4 Å². The Morgan fingerprint density at radius 1 is 0.279 bits per heavy atom. The van der Waals surface area contributed by atoms with Gasteiger partial charge in [0, 0.05) is 83.0 Å². The van der Waals surface area contributed by atoms with Crippen LogP contribution in [-0.2, 0) is 5.41 Å². The molecule has 0 bridgehead atoms. The van der Waals surface area contributed by atoms with Gasteiger partial charge in [0.15, 0.2) is 0 Å². The summed E-state index contributed by atoms with van der Waals surface area (Å²) in [6, 6.07) is 125. The van der Waals surface area contributed by atoms with Gasteiger partial charge >= 0.3 is 0 Å². The van der Waals surface area contributed by atoms with Gasteiger partial charge in [0.25, 0.3) is 0 Å². The number of hydrogen-bond donors (Lipinski definition) is 2. The summed E-state index contributed by atoms with van der Waals surface area (Å²) in [5.74, 6) is 1.39. The van der Waals surface area contributed by atoms with Crippen molar-refractivity contribution in [2.45, 2.75) is 18.3 Å². The number of aliphatic hydroxyl groups is 2. The second kappa shape index (κ2) is 25.7. The molecule has 1 aliphatic carbocycles. The van der Waals surface area contributed by atoms with Crippen LogP contribution >= 0.6 is 0 Å². The van der Waals surface area contributed by atoms with E-state index in [1.54, 1.807) is 0 Å². The zero-order valence-corrected chi connectivity index (χ0v) is 57.4. The predicted octanol–water partition coefficient (Wildman–Crippen LogP) is 22.9. The number of aliphatic hydroxyl groups excluding tert-OH is 2. The Morgan fingerprint density at radius 3 is 1.02 bits per heavy atom. The normalized spacial score (nSPS) is 13.3. The van der Waals surface area contributed by atoms with Crippen LogP contribution in [0.25, 0.3) is 138 Å². The van der Waals surface area contributed by atoms with Gasteiger partial charge in [-0.3, -0.25) is 0 Å². The molecule has 104 heavy (non-hydrogen) atoms. The molecular weight excluding hydrogens is 1270 g/mol. The lowest BCUT2D eigenvalue weighted by Gasteiger charge is -2.35. The summed E-state index contributed by atoms with van der Waals surface area (Å²) in [7, 11) is 0. The van der Waals surface area contributed by atoms with E-state index in [0.717, 1.165) is 144 Å². The van der Waals surface area contributed by atoms with Gasteiger partial charge in [-0.2, -0.15) is 0 Å². The summed E-state index contributed by atoms with van der Waals surface area (Å²) in [5, 5.41) is 28.6. The first-order valence-electron chi connectivity index (χ1n) is 35.9. The van der Waals surface area contributed by atoms with E-state index in [2.05, 4.69) is 366 Å². The molecule has 0 radical (unpaired) electrons. The predicted molar refractivity (Wildman–Crippen MR) is 428 cm³/mol. The zero-order valence-electron chi connectivity index (χ0n) is 57.4. The zero-order chi connectivity index (χ0) is 69.4. The monoisotopic (exact) mass is 1340 g/mol. The van der Waals surface area contributed by atoms with Crippen molar-refractivity contribution in [3.63, 3.8) is 0 Å². The second-order valence-corrected chi connectivity index (χ2v) is 27.4. The van der Waals surface area contributed by atoms with E-state index in [9.17, 15) is 10.2 Å². The molecule has 2 N–H and O–H groups in total. The highest BCUT2D eigenvalue weighted by Gasteiger charge is 2.37. The van der Waals surface area contributed by atoms with Crippen LogP contribution in [0.1, 0.15) is 46.2 Å². The first-order valence-corrected chi connectivity index (χ1v) is 35.9. The SMILES string of the molecule is CC(c1ccccc1)(c1cc(-c2ccc3c(c2)-c2ccccc2C3c2ccccc2)c(OCCO)c(-c2ccc3c(c2)c2ccccc2n3-c2ccccc2)c1)c1cc(-c2ccc3c(c2)c2ccccc2n3-c2ccccc2)c(OCCO)c(-c2ccc3c(c2)c2ccccc2n3-c2ccccc2)c1. The van der Waals surface area contributed by atoms with Crippen LogP contribution in [0.4, 0.5) is 0 Å². The van der Waals surface area contributed by atoms with Crippen molar-refractivity contribution in [3.05, 3.63) is 379 Å². The summed E-state index contributed by atoms with van der Waals surface area (Å²) in [4.78, 5) is 0. The van der Waals surface area contributed by atoms with Gasteiger partial charge in [0.2, 0.25) is 0 Å². The number of para-hydroxylation sites is 6. The highest BCUT2D eigenvalue weighted by molar-refractivity contribution is 6.13. The van der Waals surface area contributed by atoms with E-state index in [4.69, 9.17) is 9.47 Å². The first kappa shape index (κ1) is 62.2. The number of nitrogens with zero attached hydrogens (tertiary/aromatic N) is 3. The molecular formula is C97H71N3O4. The van der Waals surface area contributed by atoms with Crippen molar-refractivity contribution in [3.8, 4) is 84.2 Å². The van der Waals surface area contributed by atoms with Gasteiger partial charge in [0.1, 0.15) is 24.7 Å². The molecule has 1 aliphatic rings. The maximum absolute atomic E-state index is 11.0. The summed E-state index contributed by atoms with van der Waals surface area (Å²) >= 11 is 0. The molecule has 2 atom stereocenters. The Bertz CT molecular complexity index is 6160. The lowest BCUT2D eigenvalue weighted by Crippen LogP contribution is -2.26. The lowest BCUT2D eigenvalue weighted by atomic mass is 9.68. The Kier molecular flexibility index (Phi) is 15.4. The van der Waals surface area contributed by atoms with Crippen molar-refractivity contribution in [2.24, 2.45) is 0 Å². The number of fused-ring (bicyclic) bond motifs is 12. The molecule has 498 valence electrons. The number of benzene rings is 15. The molecule has 18 aromatic rings. The number of rotatable bonds is 17. The molecule has 2 unspecified atom stereocenters. The maximum Gasteiger partial charge on any atom is 0.135 e. The van der Waals surface area contributed by atoms with Gasteiger partial charge in [-0.15, -0.1) is 0 Å². The van der Waals surface area contributed by atoms with Crippen molar-refractivity contribution in [1.82, 2.24) is 13.7 Å². The summed E-state index contributed by atoms with van der Waals surface area (Å²) in [6.45, 7) is 2.14. The third-order valence-electron chi connectivity index (χ3n) is 21.7. The van der Waals surface area contributed by atoms with Crippen LogP contribution < -0.4 is 9.47 Å². The second-order valence-electron chi connectivity index (χ2n) is 27.4. The lowest BCUT2D eigenvalue weighted by molar-refractivity contribution is 0.202. The molecule has 7 nitrogen and oxygen atoms in total. The summed E-state index contributed by atoms with van der Waals surface area (Å²) in [5.41, 5.74) is 25.6. The Labute approximate surface area is 603 Å². The van der Waals surface area contributed by atoms with Crippen LogP contribution in [0.15, 0.2) is 346 Å². The standard InChI is InChI=1S/C97H71N3O4/c1-97(68-27-9-3-10-28-68,69-59-80(64-43-47-79-84(55-64)74-35-17-18-39-78(74)94(79)63-25-7-2-8-26-63)95(103-53-51-101)81(60-69)65-44-48-91-85(56-65)75-36-19-22-40-88(75)98(91)71-29-11-4-12-30-71)70-61-82(66-45-49-92-86(57-66)76-37-20-23-41-89(76)99(92)72-31-13-5-14-32-72)96(104-54-52-102)83(62-70)67-46-50-93-87(58-67)77-38-21-24-42-90(77)100(93)73-33-15-6-16-34-73/h2-50,55-62,94,101-102H,51-54H2,1H3. The molecule has 0 saturated carbocycles. The molecule has 19 rings (SSSR count). The Hall–Kier alpha value is -12.8. The number of aromatic nitrogens is 3. The molecule has 0 aliphatic heterocycles. The highest BCUT2D eigenvalue weighted by Crippen LogP contribution is 2.55. The fourth-order valence-corrected chi connectivity index (χ4v) is 16.9. The van der Waals surface area contributed by atoms with Crippen LogP contribution in [0.5, 0.6) is 11.5 Å². The smallest absolute Gasteiger partial charge is 0.135 e. The van der Waals surface area contributed by atoms with E-state index in [1.807, 2.05) is 0 Å². The Balaban J connectivity index is 0.913. The minimum absolute atomic E-state index is 0.0497. The highest BCUT2D eigenvalue weighted by atomic mass is 16.5. The topological polar surface area (TPSA) is 73.7 Å². The largest absolute Gasteiger partial charge is 0.490 e. The Morgan fingerprint density at radius 2 is 0.606 bits per heavy atom. The van der Waals surface area contributed by atoms with Gasteiger partial charge in [-0.1, -0.05) is 224 Å². The van der Waals surface area contributed by atoms with Crippen molar-refractivity contribution < 1.29 is 19.7 Å². The summed E-state index contributed by atoms with van der Waals surface area (Å²) in [6.07, 6.45) is 0. The minimum atomic E-state index is -0.949. The van der Waals surface area contributed by atoms with Gasteiger partial charge in [-0.25, -0.2) is 0 Å². The molecule has 0 amide bonds. The van der Waals surface area contributed by atoms with Crippen LogP contribution in [0, 0.1) is 0 Å². The minimum Gasteiger partial charge on any atom is -0.490 e. The van der Waals surface area contributed by atoms with E-state index in [1.165, 1.54) is 27.8 Å². The molecule has 7 heteroatoms. The fourth-order valence-electron chi connectivity index (χ4n) is 16.9. The fraction of sp³-hybridized carbons (Fsp3) is 0.0722. The van der Waals surface area contributed by atoms with Crippen molar-refractivity contribution in [2.75, 3.05) is 26.4 Å². The van der Waals surface area contributed by atoms with E-state index in [-0.39, 0.29) is 32.3 Å². The third-order valence-corrected chi connectivity index (χ3v) is 21.7. The maximum atomic E-state index is 11.0. The van der Waals surface area contributed by atoms with Gasteiger partial charge in [0.05, 0.1) is 46.3 Å². The quantitative estimate of drug-likeness (QED) is 0.0891. The molecule has 3 aromatic heterocycles. The van der Waals surface area contributed by atoms with Crippen LogP contribution in [0.2, 0.25) is 0 Å². The molecule has 3 heterocycles. The first-order chi connectivity index (χ1) is 51.4. The molecule has 15 aromatic carbocycles. The third kappa shape index (κ3) is 10.2. The average Bonchev–Trinajstić information content (AvgIpc) is 1.72.